The fourth-order valence-corrected chi connectivity index (χ4v) is 5.11. The number of hydrogen-bond acceptors (Lipinski definition) is 4. The molecule has 31 heavy (non-hydrogen) atoms. The van der Waals surface area contributed by atoms with E-state index in [1.165, 1.54) is 24.8 Å². The summed E-state index contributed by atoms with van der Waals surface area (Å²) in [6, 6.07) is 11.4. The first-order valence-electron chi connectivity index (χ1n) is 11.9. The predicted octanol–water partition coefficient (Wildman–Crippen LogP) is 1.99. The third-order valence-electron chi connectivity index (χ3n) is 6.76. The minimum Gasteiger partial charge on any atom is -0.373 e. The van der Waals surface area contributed by atoms with Crippen LogP contribution in [0.15, 0.2) is 35.3 Å². The quantitative estimate of drug-likeness (QED) is 0.537. The van der Waals surface area contributed by atoms with Crippen LogP contribution in [-0.2, 0) is 16.1 Å². The SMILES string of the molecule is CN=C(NCCC(=O)NC1CCCCC1)N1CC2OCCN(Cc3ccccc3)C2C1. The van der Waals surface area contributed by atoms with Gasteiger partial charge in [0.1, 0.15) is 0 Å². The van der Waals surface area contributed by atoms with Gasteiger partial charge in [0.05, 0.1) is 18.8 Å². The van der Waals surface area contributed by atoms with E-state index in [0.29, 0.717) is 25.0 Å². The fourth-order valence-electron chi connectivity index (χ4n) is 5.11. The third-order valence-corrected chi connectivity index (χ3v) is 6.76. The topological polar surface area (TPSA) is 69.2 Å². The van der Waals surface area contributed by atoms with Gasteiger partial charge in [-0.2, -0.15) is 0 Å². The highest BCUT2D eigenvalue weighted by Crippen LogP contribution is 2.24. The Balaban J connectivity index is 1.25. The first-order valence-corrected chi connectivity index (χ1v) is 11.9. The van der Waals surface area contributed by atoms with Gasteiger partial charge in [-0.1, -0.05) is 49.6 Å². The van der Waals surface area contributed by atoms with Gasteiger partial charge in [0, 0.05) is 52.2 Å². The molecule has 2 unspecified atom stereocenters. The number of hydrogen-bond donors (Lipinski definition) is 2. The summed E-state index contributed by atoms with van der Waals surface area (Å²) >= 11 is 0. The zero-order valence-corrected chi connectivity index (χ0v) is 18.8. The molecule has 2 N–H and O–H groups in total. The summed E-state index contributed by atoms with van der Waals surface area (Å²) in [6.45, 7) is 5.01. The van der Waals surface area contributed by atoms with E-state index in [2.05, 4.69) is 55.8 Å². The molecule has 0 spiro atoms. The molecule has 0 radical (unpaired) electrons. The van der Waals surface area contributed by atoms with Crippen molar-refractivity contribution in [3.63, 3.8) is 0 Å². The minimum atomic E-state index is 0.141. The summed E-state index contributed by atoms with van der Waals surface area (Å²) in [7, 11) is 1.81. The van der Waals surface area contributed by atoms with Crippen molar-refractivity contribution in [1.82, 2.24) is 20.4 Å². The average molecular weight is 428 g/mol. The summed E-state index contributed by atoms with van der Waals surface area (Å²) < 4.78 is 6.09. The van der Waals surface area contributed by atoms with Crippen LogP contribution >= 0.6 is 0 Å². The Kier molecular flexibility index (Phi) is 7.81. The lowest BCUT2D eigenvalue weighted by Gasteiger charge is -2.36. The number of benzene rings is 1. The van der Waals surface area contributed by atoms with Crippen LogP contribution in [0.25, 0.3) is 0 Å². The molecule has 0 bridgehead atoms. The number of likely N-dealkylation sites (tertiary alicyclic amines) is 1. The number of aliphatic imine (C=N–C) groups is 1. The fraction of sp³-hybridized carbons (Fsp3) is 0.667. The molecule has 170 valence electrons. The summed E-state index contributed by atoms with van der Waals surface area (Å²) in [4.78, 5) is 21.6. The largest absolute Gasteiger partial charge is 0.373 e. The summed E-state index contributed by atoms with van der Waals surface area (Å²) in [5, 5.41) is 6.59. The Bertz CT molecular complexity index is 735. The number of morpholine rings is 1. The van der Waals surface area contributed by atoms with E-state index in [4.69, 9.17) is 4.74 Å². The van der Waals surface area contributed by atoms with Crippen LogP contribution in [0.1, 0.15) is 44.1 Å². The van der Waals surface area contributed by atoms with Crippen molar-refractivity contribution in [1.29, 1.82) is 0 Å². The molecule has 2 heterocycles. The van der Waals surface area contributed by atoms with Gasteiger partial charge in [0.15, 0.2) is 5.96 Å². The Labute approximate surface area is 186 Å². The zero-order valence-electron chi connectivity index (χ0n) is 18.8. The molecule has 1 saturated carbocycles. The molecule has 0 aromatic heterocycles. The van der Waals surface area contributed by atoms with Gasteiger partial charge in [-0.3, -0.25) is 14.7 Å². The van der Waals surface area contributed by atoms with Gasteiger partial charge in [-0.15, -0.1) is 0 Å². The Morgan fingerprint density at radius 1 is 1.16 bits per heavy atom. The van der Waals surface area contributed by atoms with Gasteiger partial charge < -0.3 is 20.3 Å². The average Bonchev–Trinajstić information content (AvgIpc) is 3.23. The van der Waals surface area contributed by atoms with E-state index in [1.54, 1.807) is 0 Å². The van der Waals surface area contributed by atoms with Crippen molar-refractivity contribution < 1.29 is 9.53 Å². The highest BCUT2D eigenvalue weighted by molar-refractivity contribution is 5.81. The standard InChI is InChI=1S/C24H37N5O2/c1-25-24(26-13-12-23(30)27-20-10-6-3-7-11-20)29-17-21-22(18-29)31-15-14-28(21)16-19-8-4-2-5-9-19/h2,4-5,8-9,20-22H,3,6-7,10-18H2,1H3,(H,25,26)(H,27,30). The maximum Gasteiger partial charge on any atom is 0.221 e. The number of guanidine groups is 1. The number of ether oxygens (including phenoxy) is 1. The third kappa shape index (κ3) is 5.98. The van der Waals surface area contributed by atoms with E-state index in [1.807, 2.05) is 7.05 Å². The highest BCUT2D eigenvalue weighted by atomic mass is 16.5. The number of amides is 1. The van der Waals surface area contributed by atoms with Gasteiger partial charge in [-0.05, 0) is 18.4 Å². The smallest absolute Gasteiger partial charge is 0.221 e. The van der Waals surface area contributed by atoms with Crippen molar-refractivity contribution >= 4 is 11.9 Å². The van der Waals surface area contributed by atoms with Gasteiger partial charge in [0.25, 0.3) is 0 Å². The molecule has 2 saturated heterocycles. The summed E-state index contributed by atoms with van der Waals surface area (Å²) in [6.07, 6.45) is 6.69. The number of carbonyl (C=O) groups excluding carboxylic acids is 1. The Morgan fingerprint density at radius 2 is 1.97 bits per heavy atom. The monoisotopic (exact) mass is 427 g/mol. The molecule has 3 fully saturated rings. The van der Waals surface area contributed by atoms with Crippen molar-refractivity contribution in [2.75, 3.05) is 39.8 Å². The van der Waals surface area contributed by atoms with Crippen LogP contribution in [0.3, 0.4) is 0 Å². The van der Waals surface area contributed by atoms with Crippen LogP contribution in [0.4, 0.5) is 0 Å². The van der Waals surface area contributed by atoms with Crippen LogP contribution in [-0.4, -0.2) is 79.7 Å². The number of nitrogens with one attached hydrogen (secondary N) is 2. The minimum absolute atomic E-state index is 0.141. The van der Waals surface area contributed by atoms with Crippen molar-refractivity contribution in [2.45, 2.75) is 63.3 Å². The van der Waals surface area contributed by atoms with Gasteiger partial charge in [-0.25, -0.2) is 0 Å². The predicted molar refractivity (Wildman–Crippen MR) is 123 cm³/mol. The van der Waals surface area contributed by atoms with E-state index in [0.717, 1.165) is 51.6 Å². The van der Waals surface area contributed by atoms with E-state index < -0.39 is 0 Å². The van der Waals surface area contributed by atoms with Crippen LogP contribution in [0.2, 0.25) is 0 Å². The zero-order chi connectivity index (χ0) is 21.5. The molecule has 1 aliphatic carbocycles. The second-order valence-electron chi connectivity index (χ2n) is 8.96. The van der Waals surface area contributed by atoms with Crippen LogP contribution < -0.4 is 10.6 Å². The van der Waals surface area contributed by atoms with E-state index in [-0.39, 0.29) is 12.0 Å². The summed E-state index contributed by atoms with van der Waals surface area (Å²) in [5.41, 5.74) is 1.34. The molecule has 4 rings (SSSR count). The molecular formula is C24H37N5O2. The second-order valence-corrected chi connectivity index (χ2v) is 8.96. The molecule has 7 nitrogen and oxygen atoms in total. The lowest BCUT2D eigenvalue weighted by molar-refractivity contribution is -0.121. The number of nitrogens with zero attached hydrogens (tertiary/aromatic N) is 3. The van der Waals surface area contributed by atoms with E-state index in [9.17, 15) is 4.79 Å². The molecule has 2 atom stereocenters. The van der Waals surface area contributed by atoms with Crippen molar-refractivity contribution in [3.05, 3.63) is 35.9 Å². The maximum atomic E-state index is 12.3. The molecule has 1 aromatic carbocycles. The molecule has 2 aliphatic heterocycles. The number of fused-ring (bicyclic) bond motifs is 1. The Hall–Kier alpha value is -2.12. The first-order chi connectivity index (χ1) is 15.2. The molecule has 7 heteroatoms. The number of carbonyl (C=O) groups is 1. The lowest BCUT2D eigenvalue weighted by Crippen LogP contribution is -2.50. The van der Waals surface area contributed by atoms with Gasteiger partial charge >= 0.3 is 0 Å². The first kappa shape index (κ1) is 22.1. The normalized spacial score (nSPS) is 25.3. The van der Waals surface area contributed by atoms with Crippen molar-refractivity contribution in [3.8, 4) is 0 Å². The lowest BCUT2D eigenvalue weighted by atomic mass is 9.95. The van der Waals surface area contributed by atoms with Crippen molar-refractivity contribution in [2.24, 2.45) is 4.99 Å². The highest BCUT2D eigenvalue weighted by Gasteiger charge is 2.41. The molecule has 1 amide bonds. The number of rotatable bonds is 6. The molecular weight excluding hydrogens is 390 g/mol. The molecule has 3 aliphatic rings. The maximum absolute atomic E-state index is 12.3. The molecule has 1 aromatic rings. The van der Waals surface area contributed by atoms with Crippen LogP contribution in [0.5, 0.6) is 0 Å². The second kappa shape index (κ2) is 11.0. The van der Waals surface area contributed by atoms with Crippen LogP contribution in [0, 0.1) is 0 Å². The Morgan fingerprint density at radius 3 is 2.74 bits per heavy atom. The summed E-state index contributed by atoms with van der Waals surface area (Å²) in [5.74, 6) is 1.01. The van der Waals surface area contributed by atoms with Gasteiger partial charge in [0.2, 0.25) is 5.91 Å². The van der Waals surface area contributed by atoms with E-state index >= 15 is 0 Å².